The molecule has 2 aliphatic rings. The quantitative estimate of drug-likeness (QED) is 0.463. The minimum Gasteiger partial charge on any atom is -0.312 e. The summed E-state index contributed by atoms with van der Waals surface area (Å²) in [5.74, 6) is -0.256. The van der Waals surface area contributed by atoms with Crippen molar-refractivity contribution in [3.05, 3.63) is 0 Å². The number of nitrogens with one attached hydrogen (secondary N) is 3. The number of fused-ring (bicyclic) bond motifs is 1. The third-order valence-electron chi connectivity index (χ3n) is 2.78. The molecule has 0 saturated carbocycles. The molecule has 1 atom stereocenters. The molecule has 1 saturated heterocycles. The van der Waals surface area contributed by atoms with Crippen molar-refractivity contribution in [1.29, 1.82) is 0 Å². The first-order chi connectivity index (χ1) is 7.45. The Bertz CT molecular complexity index is 447. The molecule has 7 nitrogen and oxygen atoms in total. The number of hydrogen-bond donors (Lipinski definition) is 4. The van der Waals surface area contributed by atoms with Crippen LogP contribution in [0.5, 0.6) is 0 Å². The second-order valence-corrected chi connectivity index (χ2v) is 6.32. The number of aliphatic imine (C=N–C) groups is 1. The highest BCUT2D eigenvalue weighted by Crippen LogP contribution is 2.22. The molecule has 2 heterocycles. The van der Waals surface area contributed by atoms with Crippen LogP contribution < -0.4 is 14.8 Å². The van der Waals surface area contributed by atoms with Crippen molar-refractivity contribution in [2.75, 3.05) is 5.75 Å². The molecule has 1 unspecified atom stereocenters. The summed E-state index contributed by atoms with van der Waals surface area (Å²) in [5, 5.41) is 2.55. The first kappa shape index (κ1) is 11.2. The lowest BCUT2D eigenvalue weighted by Gasteiger charge is -2.41. The van der Waals surface area contributed by atoms with Crippen molar-refractivity contribution < 1.29 is 13.8 Å². The summed E-state index contributed by atoms with van der Waals surface area (Å²) >= 11 is 0. The van der Waals surface area contributed by atoms with Crippen LogP contribution >= 0.6 is 0 Å². The number of nitrogens with zero attached hydrogens (tertiary/aromatic N) is 1. The van der Waals surface area contributed by atoms with Crippen LogP contribution in [0.4, 0.5) is 4.79 Å². The minimum absolute atomic E-state index is 0.0694. The van der Waals surface area contributed by atoms with E-state index in [1.807, 2.05) is 0 Å². The van der Waals surface area contributed by atoms with E-state index in [9.17, 15) is 13.8 Å². The third kappa shape index (κ3) is 1.45. The van der Waals surface area contributed by atoms with Gasteiger partial charge in [0, 0.05) is 16.1 Å². The zero-order valence-electron chi connectivity index (χ0n) is 9.03. The zero-order valence-corrected chi connectivity index (χ0v) is 9.93. The van der Waals surface area contributed by atoms with E-state index in [1.165, 1.54) is 0 Å². The lowest BCUT2D eigenvalue weighted by molar-refractivity contribution is -0.113. The third-order valence-corrected chi connectivity index (χ3v) is 4.98. The van der Waals surface area contributed by atoms with Gasteiger partial charge in [-0.1, -0.05) is 13.8 Å². The van der Waals surface area contributed by atoms with Gasteiger partial charge in [0.25, 0.3) is 5.91 Å². The number of carbonyl (C=O) groups is 2. The summed E-state index contributed by atoms with van der Waals surface area (Å²) in [4.78, 5) is 26.5. The van der Waals surface area contributed by atoms with Crippen LogP contribution in [0, 0.1) is 0 Å². The van der Waals surface area contributed by atoms with E-state index in [-0.39, 0.29) is 11.5 Å². The Labute approximate surface area is 93.8 Å². The Morgan fingerprint density at radius 3 is 2.62 bits per heavy atom. The summed E-state index contributed by atoms with van der Waals surface area (Å²) in [6, 6.07) is -0.580. The Morgan fingerprint density at radius 1 is 1.38 bits per heavy atom. The molecule has 2 aliphatic heterocycles. The number of urea groups is 1. The first-order valence-corrected chi connectivity index (χ1v) is 6.96. The molecule has 16 heavy (non-hydrogen) atoms. The second-order valence-electron chi connectivity index (χ2n) is 3.76. The minimum atomic E-state index is -2.97. The van der Waals surface area contributed by atoms with Gasteiger partial charge in [-0.25, -0.2) is 9.52 Å². The van der Waals surface area contributed by atoms with E-state index < -0.39 is 27.9 Å². The summed E-state index contributed by atoms with van der Waals surface area (Å²) in [5.41, 5.74) is -0.995. The number of carbonyl (C=O) groups excluding carboxylic acids is 2. The van der Waals surface area contributed by atoms with Crippen LogP contribution in [0.15, 0.2) is 4.99 Å². The highest BCUT2D eigenvalue weighted by Gasteiger charge is 2.50. The summed E-state index contributed by atoms with van der Waals surface area (Å²) in [6.45, 7) is 3.49. The largest absolute Gasteiger partial charge is 0.343 e. The van der Waals surface area contributed by atoms with Gasteiger partial charge in [0.05, 0.1) is 0 Å². The van der Waals surface area contributed by atoms with Gasteiger partial charge in [-0.2, -0.15) is 4.99 Å². The zero-order chi connectivity index (χ0) is 12.0. The van der Waals surface area contributed by atoms with Gasteiger partial charge in [0.1, 0.15) is 0 Å². The summed E-state index contributed by atoms with van der Waals surface area (Å²) < 4.78 is 17.4. The Hall–Kier alpha value is -1.28. The van der Waals surface area contributed by atoms with Crippen LogP contribution in [0.3, 0.4) is 0 Å². The predicted octanol–water partition coefficient (Wildman–Crippen LogP) is -1.16. The molecule has 0 aromatic carbocycles. The molecule has 0 radical (unpaired) electrons. The molecular formula is C8H14N4O3S. The van der Waals surface area contributed by atoms with E-state index in [0.717, 1.165) is 0 Å². The molecule has 2 rings (SSSR count). The van der Waals surface area contributed by atoms with Gasteiger partial charge < -0.3 is 5.32 Å². The van der Waals surface area contributed by atoms with E-state index in [4.69, 9.17) is 0 Å². The Balaban J connectivity index is 2.46. The maximum Gasteiger partial charge on any atom is 0.343 e. The Morgan fingerprint density at radius 2 is 2.06 bits per heavy atom. The monoisotopic (exact) mass is 246 g/mol. The number of thiol groups is 1. The van der Waals surface area contributed by atoms with Crippen molar-refractivity contribution in [2.45, 2.75) is 25.9 Å². The van der Waals surface area contributed by atoms with Crippen LogP contribution in [-0.4, -0.2) is 33.3 Å². The Kier molecular flexibility index (Phi) is 2.35. The SMILES string of the molecule is CCC12NC(=O)N=C1C(=O)N[SH](=O)(CC)N2. The highest BCUT2D eigenvalue weighted by molar-refractivity contribution is 8.00. The van der Waals surface area contributed by atoms with Gasteiger partial charge in [0.15, 0.2) is 11.4 Å². The fourth-order valence-electron chi connectivity index (χ4n) is 1.84. The molecule has 0 aliphatic carbocycles. The topological polar surface area (TPSA) is 99.7 Å². The highest BCUT2D eigenvalue weighted by atomic mass is 32.3. The van der Waals surface area contributed by atoms with Crippen molar-refractivity contribution >= 4 is 28.0 Å². The number of rotatable bonds is 2. The summed E-state index contributed by atoms with van der Waals surface area (Å²) in [7, 11) is -2.97. The normalized spacial score (nSPS) is 33.5. The molecule has 90 valence electrons. The average molecular weight is 246 g/mol. The van der Waals surface area contributed by atoms with Crippen LogP contribution in [0.2, 0.25) is 0 Å². The molecule has 0 aromatic heterocycles. The molecule has 1 fully saturated rings. The van der Waals surface area contributed by atoms with Gasteiger partial charge in [-0.05, 0) is 6.42 Å². The van der Waals surface area contributed by atoms with Gasteiger partial charge >= 0.3 is 6.03 Å². The molecule has 0 bridgehead atoms. The lowest BCUT2D eigenvalue weighted by Crippen LogP contribution is -2.73. The van der Waals surface area contributed by atoms with Crippen LogP contribution in [-0.2, 0) is 15.1 Å². The van der Waals surface area contributed by atoms with Gasteiger partial charge in [-0.15, -0.1) is 0 Å². The maximum absolute atomic E-state index is 12.2. The average Bonchev–Trinajstić information content (AvgIpc) is 2.56. The van der Waals surface area contributed by atoms with Crippen molar-refractivity contribution in [2.24, 2.45) is 4.99 Å². The summed E-state index contributed by atoms with van der Waals surface area (Å²) in [6.07, 6.45) is 0.412. The number of amides is 3. The van der Waals surface area contributed by atoms with Gasteiger partial charge in [-0.3, -0.25) is 13.7 Å². The lowest BCUT2D eigenvalue weighted by atomic mass is 10.0. The van der Waals surface area contributed by atoms with Crippen molar-refractivity contribution in [1.82, 2.24) is 14.8 Å². The van der Waals surface area contributed by atoms with Gasteiger partial charge in [0.2, 0.25) is 0 Å². The van der Waals surface area contributed by atoms with Crippen LogP contribution in [0.25, 0.3) is 0 Å². The fourth-order valence-corrected chi connectivity index (χ4v) is 3.58. The van der Waals surface area contributed by atoms with E-state index in [2.05, 4.69) is 19.8 Å². The molecular weight excluding hydrogens is 232 g/mol. The maximum atomic E-state index is 12.2. The first-order valence-electron chi connectivity index (χ1n) is 5.07. The van der Waals surface area contributed by atoms with E-state index in [0.29, 0.717) is 6.42 Å². The molecule has 3 amide bonds. The van der Waals surface area contributed by atoms with Crippen LogP contribution in [0.1, 0.15) is 20.3 Å². The van der Waals surface area contributed by atoms with Crippen molar-refractivity contribution in [3.8, 4) is 0 Å². The molecule has 3 N–H and O–H groups in total. The van der Waals surface area contributed by atoms with E-state index in [1.54, 1.807) is 13.8 Å². The smallest absolute Gasteiger partial charge is 0.312 e. The predicted molar refractivity (Wildman–Crippen MR) is 60.3 cm³/mol. The fraction of sp³-hybridized carbons (Fsp3) is 0.625. The van der Waals surface area contributed by atoms with Crippen molar-refractivity contribution in [3.63, 3.8) is 0 Å². The van der Waals surface area contributed by atoms with E-state index >= 15 is 0 Å². The number of hydrogen-bond acceptors (Lipinski definition) is 3. The molecule has 0 aromatic rings. The molecule has 8 heteroatoms. The standard InChI is InChI=1S/C8H14N4O3S/c1-3-8-5(9-7(14)10-8)6(13)11-16(15,4-2)12-8/h16H,3-4H2,1-2H3,(H,10,14)(H2,11,12,13,15). The second kappa shape index (κ2) is 3.36. The molecule has 0 spiro atoms.